The molecule has 4 fully saturated rings. The molecule has 4 heterocycles. The van der Waals surface area contributed by atoms with Crippen LogP contribution < -0.4 is 0 Å². The minimum atomic E-state index is -0.615. The molecule has 4 aliphatic rings. The summed E-state index contributed by atoms with van der Waals surface area (Å²) in [6.45, 7) is 19.7. The van der Waals surface area contributed by atoms with Gasteiger partial charge in [-0.25, -0.2) is 0 Å². The number of nitrogens with zero attached hydrogens (tertiary/aromatic N) is 2. The molecule has 3 spiro atoms. The van der Waals surface area contributed by atoms with Gasteiger partial charge >= 0.3 is 0 Å². The van der Waals surface area contributed by atoms with Gasteiger partial charge < -0.3 is 28.6 Å². The Morgan fingerprint density at radius 3 is 0.939 bits per heavy atom. The van der Waals surface area contributed by atoms with Crippen molar-refractivity contribution in [3.05, 3.63) is 0 Å². The van der Waals surface area contributed by atoms with Crippen molar-refractivity contribution >= 4 is 0 Å². The van der Waals surface area contributed by atoms with Crippen LogP contribution in [0.4, 0.5) is 0 Å². The Balaban J connectivity index is 1.44. The maximum absolute atomic E-state index is 6.56. The summed E-state index contributed by atoms with van der Waals surface area (Å²) in [5.74, 6) is -1.23. The van der Waals surface area contributed by atoms with E-state index in [1.807, 2.05) is 0 Å². The van der Waals surface area contributed by atoms with Gasteiger partial charge in [0.05, 0.1) is 46.1 Å². The fraction of sp³-hybridized carbons (Fsp3) is 1.00. The largest absolute Gasteiger partial charge is 0.349 e. The van der Waals surface area contributed by atoms with Gasteiger partial charge in [-0.1, -0.05) is 0 Å². The van der Waals surface area contributed by atoms with E-state index in [0.717, 1.165) is 25.7 Å². The fourth-order valence-electron chi connectivity index (χ4n) is 7.56. The molecule has 0 aromatic rings. The van der Waals surface area contributed by atoms with Crippen LogP contribution in [-0.4, -0.2) is 84.5 Å². The summed E-state index contributed by atoms with van der Waals surface area (Å²) in [6.07, 6.45) is 2.98. The third-order valence-electron chi connectivity index (χ3n) is 7.94. The highest BCUT2D eigenvalue weighted by atomic mass is 16.7. The summed E-state index contributed by atoms with van der Waals surface area (Å²) < 4.78 is 26.3. The smallest absolute Gasteiger partial charge is 0.172 e. The van der Waals surface area contributed by atoms with Crippen molar-refractivity contribution in [3.63, 3.8) is 0 Å². The van der Waals surface area contributed by atoms with Crippen molar-refractivity contribution in [1.29, 1.82) is 0 Å². The zero-order valence-electron chi connectivity index (χ0n) is 22.5. The lowest BCUT2D eigenvalue weighted by atomic mass is 9.75. The average Bonchev–Trinajstić information content (AvgIpc) is 2.64. The summed E-state index contributed by atoms with van der Waals surface area (Å²) in [4.78, 5) is 11.5. The molecule has 4 aliphatic heterocycles. The van der Waals surface area contributed by atoms with E-state index in [0.29, 0.717) is 26.4 Å². The highest BCUT2D eigenvalue weighted by Gasteiger charge is 2.61. The maximum atomic E-state index is 6.56. The molecule has 4 saturated heterocycles. The van der Waals surface area contributed by atoms with Gasteiger partial charge in [0, 0.05) is 47.8 Å². The minimum Gasteiger partial charge on any atom is -0.349 e. The highest BCUT2D eigenvalue weighted by Crippen LogP contribution is 2.52. The van der Waals surface area contributed by atoms with E-state index < -0.39 is 11.6 Å². The first-order valence-corrected chi connectivity index (χ1v) is 12.3. The molecule has 33 heavy (non-hydrogen) atoms. The molecule has 4 rings (SSSR count). The molecule has 0 aromatic carbocycles. The summed E-state index contributed by atoms with van der Waals surface area (Å²) in [6, 6.07) is 0. The van der Waals surface area contributed by atoms with Crippen LogP contribution in [0.5, 0.6) is 0 Å². The predicted octanol–water partition coefficient (Wildman–Crippen LogP) is 3.89. The highest BCUT2D eigenvalue weighted by molar-refractivity contribution is 5.05. The second-order valence-corrected chi connectivity index (χ2v) is 13.4. The van der Waals surface area contributed by atoms with Gasteiger partial charge in [-0.15, -0.1) is 0 Å². The Hall–Kier alpha value is -0.320. The summed E-state index contributed by atoms with van der Waals surface area (Å²) in [5, 5.41) is 4.16. The molecule has 0 bridgehead atoms. The van der Waals surface area contributed by atoms with Crippen LogP contribution in [0, 0.1) is 5.41 Å². The lowest BCUT2D eigenvalue weighted by Gasteiger charge is -2.61. The van der Waals surface area contributed by atoms with Crippen LogP contribution >= 0.6 is 0 Å². The van der Waals surface area contributed by atoms with Gasteiger partial charge in [0.15, 0.2) is 11.6 Å². The second kappa shape index (κ2) is 7.84. The molecule has 0 N–H and O–H groups in total. The van der Waals surface area contributed by atoms with Crippen molar-refractivity contribution in [3.8, 4) is 0 Å². The van der Waals surface area contributed by atoms with Crippen LogP contribution in [0.25, 0.3) is 0 Å². The van der Waals surface area contributed by atoms with Crippen molar-refractivity contribution in [1.82, 2.24) is 10.1 Å². The summed E-state index contributed by atoms with van der Waals surface area (Å²) >= 11 is 0. The van der Waals surface area contributed by atoms with Crippen molar-refractivity contribution < 1.29 is 28.6 Å². The van der Waals surface area contributed by atoms with Crippen LogP contribution in [0.3, 0.4) is 0 Å². The normalized spacial score (nSPS) is 34.0. The van der Waals surface area contributed by atoms with E-state index in [2.05, 4.69) is 65.5 Å². The number of ether oxygens (including phenoxy) is 4. The van der Waals surface area contributed by atoms with E-state index in [1.54, 1.807) is 14.2 Å². The van der Waals surface area contributed by atoms with Gasteiger partial charge in [0.1, 0.15) is 0 Å². The molecular weight excluding hydrogens is 424 g/mol. The standard InChI is InChI=1S/C25H46N2O6/c1-19(2)11-24(12-20(3,4)26(19)28-9)30-15-23(16-31-24)17-32-25(33-18-23)13-21(5,6)27(29-10)22(7,8)14-25/h11-18H2,1-10H3. The minimum absolute atomic E-state index is 0.211. The molecule has 8 nitrogen and oxygen atoms in total. The lowest BCUT2D eigenvalue weighted by molar-refractivity contribution is -0.416. The Bertz CT molecular complexity index is 628. The molecule has 0 aliphatic carbocycles. The molecule has 0 radical (unpaired) electrons. The Labute approximate surface area is 200 Å². The zero-order valence-corrected chi connectivity index (χ0v) is 22.5. The first-order chi connectivity index (χ1) is 15.0. The van der Waals surface area contributed by atoms with E-state index in [1.165, 1.54) is 0 Å². The third-order valence-corrected chi connectivity index (χ3v) is 7.94. The van der Waals surface area contributed by atoms with Crippen LogP contribution in [0.15, 0.2) is 0 Å². The molecular formula is C25H46N2O6. The number of rotatable bonds is 2. The molecule has 0 aromatic heterocycles. The molecule has 192 valence electrons. The van der Waals surface area contributed by atoms with Gasteiger partial charge in [-0.05, 0) is 55.4 Å². The zero-order chi connectivity index (χ0) is 24.6. The Kier molecular flexibility index (Phi) is 6.12. The van der Waals surface area contributed by atoms with Crippen LogP contribution in [0.2, 0.25) is 0 Å². The third kappa shape index (κ3) is 4.40. The monoisotopic (exact) mass is 470 g/mol. The second-order valence-electron chi connectivity index (χ2n) is 13.4. The number of hydrogen-bond acceptors (Lipinski definition) is 8. The Morgan fingerprint density at radius 2 is 0.727 bits per heavy atom. The first kappa shape index (κ1) is 25.8. The quantitative estimate of drug-likeness (QED) is 0.602. The van der Waals surface area contributed by atoms with E-state index >= 15 is 0 Å². The van der Waals surface area contributed by atoms with Crippen molar-refractivity contribution in [2.24, 2.45) is 5.41 Å². The average molecular weight is 471 g/mol. The van der Waals surface area contributed by atoms with E-state index in [4.69, 9.17) is 28.6 Å². The van der Waals surface area contributed by atoms with Crippen LogP contribution in [0.1, 0.15) is 81.1 Å². The summed E-state index contributed by atoms with van der Waals surface area (Å²) in [7, 11) is 3.48. The molecule has 8 heteroatoms. The van der Waals surface area contributed by atoms with Gasteiger partial charge in [0.25, 0.3) is 0 Å². The van der Waals surface area contributed by atoms with Crippen LogP contribution in [-0.2, 0) is 28.6 Å². The lowest BCUT2D eigenvalue weighted by Crippen LogP contribution is -2.70. The van der Waals surface area contributed by atoms with Gasteiger partial charge in [-0.3, -0.25) is 0 Å². The number of piperidine rings is 2. The molecule has 0 atom stereocenters. The fourth-order valence-corrected chi connectivity index (χ4v) is 7.56. The summed E-state index contributed by atoms with van der Waals surface area (Å²) in [5.41, 5.74) is -1.13. The number of hydrogen-bond donors (Lipinski definition) is 0. The maximum Gasteiger partial charge on any atom is 0.172 e. The first-order valence-electron chi connectivity index (χ1n) is 12.3. The van der Waals surface area contributed by atoms with Crippen molar-refractivity contribution in [2.45, 2.75) is 115 Å². The van der Waals surface area contributed by atoms with E-state index in [-0.39, 0.29) is 27.6 Å². The molecule has 0 amide bonds. The van der Waals surface area contributed by atoms with Gasteiger partial charge in [-0.2, -0.15) is 10.1 Å². The van der Waals surface area contributed by atoms with E-state index in [9.17, 15) is 0 Å². The van der Waals surface area contributed by atoms with Crippen molar-refractivity contribution in [2.75, 3.05) is 40.6 Å². The molecule has 0 unspecified atom stereocenters. The SMILES string of the molecule is CON1C(C)(C)CC2(CC1(C)C)OCC1(CO2)COC2(CC(C)(C)N(OC)C(C)(C)C2)OC1. The van der Waals surface area contributed by atoms with Gasteiger partial charge in [0.2, 0.25) is 0 Å². The predicted molar refractivity (Wildman–Crippen MR) is 124 cm³/mol. The molecule has 0 saturated carbocycles. The topological polar surface area (TPSA) is 61.9 Å². The Morgan fingerprint density at radius 1 is 0.485 bits per heavy atom. The number of hydroxylamine groups is 4.